The summed E-state index contributed by atoms with van der Waals surface area (Å²) >= 11 is 0. The number of aryl methyl sites for hydroxylation is 1. The molecule has 0 saturated carbocycles. The first-order valence-corrected chi connectivity index (χ1v) is 15.5. The van der Waals surface area contributed by atoms with Crippen LogP contribution in [0.2, 0.25) is 0 Å². The number of amides is 1. The van der Waals surface area contributed by atoms with Crippen molar-refractivity contribution in [2.75, 3.05) is 35.6 Å². The Hall–Kier alpha value is -4.70. The fraction of sp³-hybridized carbons (Fsp3) is 0.353. The highest BCUT2D eigenvalue weighted by molar-refractivity contribution is 6.06. The third kappa shape index (κ3) is 6.16. The zero-order chi connectivity index (χ0) is 30.6. The van der Waals surface area contributed by atoms with E-state index < -0.39 is 0 Å². The minimum Gasteiger partial charge on any atom is -0.354 e. The topological polar surface area (TPSA) is 124 Å². The molecule has 0 atom stereocenters. The summed E-state index contributed by atoms with van der Waals surface area (Å²) in [7, 11) is 0. The molecule has 0 bridgehead atoms. The highest BCUT2D eigenvalue weighted by Crippen LogP contribution is 2.32. The summed E-state index contributed by atoms with van der Waals surface area (Å²) in [5.41, 5.74) is 7.91. The van der Waals surface area contributed by atoms with Crippen LogP contribution < -0.4 is 21.3 Å². The van der Waals surface area contributed by atoms with E-state index in [1.807, 2.05) is 35.8 Å². The summed E-state index contributed by atoms with van der Waals surface area (Å²) in [6.07, 6.45) is 7.45. The van der Waals surface area contributed by atoms with Crippen molar-refractivity contribution in [3.8, 4) is 11.3 Å². The molecule has 0 unspecified atom stereocenters. The van der Waals surface area contributed by atoms with E-state index in [0.717, 1.165) is 82.7 Å². The molecular formula is C34H41N9O. The van der Waals surface area contributed by atoms with Crippen molar-refractivity contribution >= 4 is 40.0 Å². The number of nitrogens with one attached hydrogen (secondary N) is 5. The maximum Gasteiger partial charge on any atom is 0.248 e. The lowest BCUT2D eigenvalue weighted by Crippen LogP contribution is -2.31. The Morgan fingerprint density at radius 3 is 2.73 bits per heavy atom. The lowest BCUT2D eigenvalue weighted by molar-refractivity contribution is -0.111. The summed E-state index contributed by atoms with van der Waals surface area (Å²) in [5, 5.41) is 19.2. The van der Waals surface area contributed by atoms with Gasteiger partial charge in [0.25, 0.3) is 0 Å². The summed E-state index contributed by atoms with van der Waals surface area (Å²) in [6.45, 7) is 11.8. The molecule has 10 nitrogen and oxygen atoms in total. The Bertz CT molecular complexity index is 1810. The average molecular weight is 592 g/mol. The maximum atomic E-state index is 12.3. The number of hydrogen-bond acceptors (Lipinski definition) is 7. The highest BCUT2D eigenvalue weighted by Gasteiger charge is 2.19. The van der Waals surface area contributed by atoms with E-state index in [-0.39, 0.29) is 11.8 Å². The van der Waals surface area contributed by atoms with Gasteiger partial charge in [-0.25, -0.2) is 0 Å². The molecular weight excluding hydrogens is 550 g/mol. The van der Waals surface area contributed by atoms with Crippen LogP contribution in [0.1, 0.15) is 56.2 Å². The number of aromatic nitrogens is 5. The summed E-state index contributed by atoms with van der Waals surface area (Å²) in [4.78, 5) is 25.6. The smallest absolute Gasteiger partial charge is 0.248 e. The predicted octanol–water partition coefficient (Wildman–Crippen LogP) is 6.24. The van der Waals surface area contributed by atoms with Crippen molar-refractivity contribution in [2.45, 2.75) is 53.0 Å². The van der Waals surface area contributed by atoms with E-state index in [4.69, 9.17) is 9.97 Å². The molecule has 3 aromatic heterocycles. The van der Waals surface area contributed by atoms with Gasteiger partial charge < -0.3 is 26.3 Å². The molecule has 4 heterocycles. The van der Waals surface area contributed by atoms with Crippen molar-refractivity contribution in [2.24, 2.45) is 5.92 Å². The Kier molecular flexibility index (Phi) is 8.60. The predicted molar refractivity (Wildman–Crippen MR) is 178 cm³/mol. The second-order valence-corrected chi connectivity index (χ2v) is 11.8. The summed E-state index contributed by atoms with van der Waals surface area (Å²) in [6, 6.07) is 14.4. The minimum atomic E-state index is -0.156. The molecule has 44 heavy (non-hydrogen) atoms. The normalized spacial score (nSPS) is 14.2. The molecule has 0 aliphatic carbocycles. The van der Waals surface area contributed by atoms with Crippen LogP contribution in [0, 0.1) is 12.8 Å². The standard InChI is InChI=1S/C34H41N9O/c1-5-8-30(44)39-28-12-7-10-24-17-29(40-31(24)28)25-11-6-9-22(4)27(25)19-37-34-42-33(36-18-23-13-15-35-16-14-23)41-32-26(21(2)3)20-38-43(32)34/h5-12,17,20-21,23,35,40H,13-16,18-19H2,1-4H3,(H,39,44)(H2,36,37,41,42)/b8-5+. The van der Waals surface area contributed by atoms with E-state index in [2.05, 4.69) is 76.4 Å². The molecule has 0 radical (unpaired) electrons. The number of carbonyl (C=O) groups excluding carboxylic acids is 1. The second kappa shape index (κ2) is 12.9. The maximum absolute atomic E-state index is 12.3. The van der Waals surface area contributed by atoms with Crippen molar-refractivity contribution in [3.63, 3.8) is 0 Å². The molecule has 1 aliphatic rings. The Morgan fingerprint density at radius 2 is 1.93 bits per heavy atom. The van der Waals surface area contributed by atoms with E-state index in [9.17, 15) is 4.79 Å². The van der Waals surface area contributed by atoms with Gasteiger partial charge in [0.1, 0.15) is 0 Å². The first kappa shape index (κ1) is 29.4. The van der Waals surface area contributed by atoms with Gasteiger partial charge in [-0.1, -0.05) is 50.3 Å². The summed E-state index contributed by atoms with van der Waals surface area (Å²) < 4.78 is 1.81. The van der Waals surface area contributed by atoms with Gasteiger partial charge in [-0.2, -0.15) is 19.6 Å². The molecule has 1 saturated heterocycles. The Labute approximate surface area is 257 Å². The van der Waals surface area contributed by atoms with Crippen molar-refractivity contribution in [3.05, 3.63) is 77.5 Å². The number of para-hydroxylation sites is 1. The van der Waals surface area contributed by atoms with Gasteiger partial charge in [-0.3, -0.25) is 4.79 Å². The van der Waals surface area contributed by atoms with Crippen LogP contribution in [0.3, 0.4) is 0 Å². The van der Waals surface area contributed by atoms with Gasteiger partial charge in [-0.05, 0) is 81.0 Å². The molecule has 228 valence electrons. The quantitative estimate of drug-likeness (QED) is 0.122. The van der Waals surface area contributed by atoms with Crippen LogP contribution in [0.5, 0.6) is 0 Å². The summed E-state index contributed by atoms with van der Waals surface area (Å²) in [5.74, 6) is 2.00. The van der Waals surface area contributed by atoms with Gasteiger partial charge in [0.2, 0.25) is 17.8 Å². The SMILES string of the molecule is C/C=C/C(=O)Nc1cccc2cc(-c3cccc(C)c3CNc3nc(NCC4CCNCC4)nc4c(C(C)C)cnn34)[nH]c12. The average Bonchev–Trinajstić information content (AvgIpc) is 3.65. The Morgan fingerprint density at radius 1 is 1.11 bits per heavy atom. The molecule has 1 aliphatic heterocycles. The van der Waals surface area contributed by atoms with Crippen molar-refractivity contribution < 1.29 is 4.79 Å². The molecule has 1 amide bonds. The van der Waals surface area contributed by atoms with Gasteiger partial charge in [0.05, 0.1) is 17.4 Å². The minimum absolute atomic E-state index is 0.156. The number of nitrogens with zero attached hydrogens (tertiary/aromatic N) is 4. The number of rotatable bonds is 10. The first-order chi connectivity index (χ1) is 21.4. The van der Waals surface area contributed by atoms with E-state index in [1.165, 1.54) is 6.08 Å². The van der Waals surface area contributed by atoms with Crippen LogP contribution in [-0.2, 0) is 11.3 Å². The number of allylic oxidation sites excluding steroid dienone is 1. The van der Waals surface area contributed by atoms with Crippen LogP contribution in [-0.4, -0.2) is 50.1 Å². The van der Waals surface area contributed by atoms with E-state index in [0.29, 0.717) is 24.4 Å². The van der Waals surface area contributed by atoms with Crippen molar-refractivity contribution in [1.29, 1.82) is 0 Å². The molecule has 6 rings (SSSR count). The largest absolute Gasteiger partial charge is 0.354 e. The highest BCUT2D eigenvalue weighted by atomic mass is 16.1. The van der Waals surface area contributed by atoms with E-state index >= 15 is 0 Å². The Balaban J connectivity index is 1.31. The second-order valence-electron chi connectivity index (χ2n) is 11.8. The van der Waals surface area contributed by atoms with Crippen LogP contribution in [0.15, 0.2) is 60.8 Å². The number of piperidine rings is 1. The lowest BCUT2D eigenvalue weighted by Gasteiger charge is -2.23. The molecule has 2 aromatic carbocycles. The number of fused-ring (bicyclic) bond motifs is 2. The fourth-order valence-electron chi connectivity index (χ4n) is 5.90. The zero-order valence-corrected chi connectivity index (χ0v) is 25.9. The fourth-order valence-corrected chi connectivity index (χ4v) is 5.90. The van der Waals surface area contributed by atoms with Crippen molar-refractivity contribution in [1.82, 2.24) is 29.9 Å². The van der Waals surface area contributed by atoms with Crippen LogP contribution >= 0.6 is 0 Å². The number of anilines is 3. The number of H-pyrrole nitrogens is 1. The number of hydrogen-bond donors (Lipinski definition) is 5. The van der Waals surface area contributed by atoms with Gasteiger partial charge in [-0.15, -0.1) is 0 Å². The van der Waals surface area contributed by atoms with Gasteiger partial charge in [0.15, 0.2) is 5.65 Å². The first-order valence-electron chi connectivity index (χ1n) is 15.5. The molecule has 5 N–H and O–H groups in total. The van der Waals surface area contributed by atoms with Crippen LogP contribution in [0.25, 0.3) is 27.8 Å². The number of benzene rings is 2. The molecule has 1 fully saturated rings. The number of aromatic amines is 1. The van der Waals surface area contributed by atoms with Gasteiger partial charge in [0, 0.05) is 35.3 Å². The molecule has 10 heteroatoms. The van der Waals surface area contributed by atoms with Crippen LogP contribution in [0.4, 0.5) is 17.6 Å². The van der Waals surface area contributed by atoms with Gasteiger partial charge >= 0.3 is 0 Å². The monoisotopic (exact) mass is 591 g/mol. The number of carbonyl (C=O) groups is 1. The molecule has 5 aromatic rings. The lowest BCUT2D eigenvalue weighted by atomic mass is 9.98. The molecule has 0 spiro atoms. The third-order valence-electron chi connectivity index (χ3n) is 8.38. The zero-order valence-electron chi connectivity index (χ0n) is 25.9. The van der Waals surface area contributed by atoms with E-state index in [1.54, 1.807) is 6.08 Å². The third-order valence-corrected chi connectivity index (χ3v) is 8.38.